The zero-order valence-electron chi connectivity index (χ0n) is 11.2. The third kappa shape index (κ3) is 5.82. The molecule has 1 aromatic carbocycles. The molecular weight excluding hydrogens is 228 g/mol. The first kappa shape index (κ1) is 14.7. The van der Waals surface area contributed by atoms with Crippen LogP contribution in [0.5, 0.6) is 0 Å². The van der Waals surface area contributed by atoms with Gasteiger partial charge in [0.05, 0.1) is 6.10 Å². The molecule has 0 heterocycles. The van der Waals surface area contributed by atoms with Crippen LogP contribution in [0.3, 0.4) is 0 Å². The van der Waals surface area contributed by atoms with Crippen LogP contribution in [-0.2, 0) is 22.4 Å². The third-order valence-electron chi connectivity index (χ3n) is 3.12. The molecule has 3 heteroatoms. The molecule has 0 fully saturated rings. The Bertz CT molecular complexity index is 357. The second-order valence-electron chi connectivity index (χ2n) is 4.65. The molecule has 0 saturated heterocycles. The largest absolute Gasteiger partial charge is 0.481 e. The van der Waals surface area contributed by atoms with Crippen LogP contribution < -0.4 is 0 Å². The van der Waals surface area contributed by atoms with E-state index in [2.05, 4.69) is 31.2 Å². The van der Waals surface area contributed by atoms with Crippen molar-refractivity contribution in [3.8, 4) is 0 Å². The molecule has 100 valence electrons. The third-order valence-corrected chi connectivity index (χ3v) is 3.12. The second kappa shape index (κ2) is 7.88. The number of rotatable bonds is 8. The monoisotopic (exact) mass is 250 g/mol. The average molecular weight is 250 g/mol. The van der Waals surface area contributed by atoms with E-state index >= 15 is 0 Å². The van der Waals surface area contributed by atoms with Crippen molar-refractivity contribution >= 4 is 5.97 Å². The van der Waals surface area contributed by atoms with Crippen molar-refractivity contribution in [2.75, 3.05) is 7.11 Å². The minimum Gasteiger partial charge on any atom is -0.481 e. The van der Waals surface area contributed by atoms with E-state index in [9.17, 15) is 4.79 Å². The molecule has 0 aliphatic rings. The summed E-state index contributed by atoms with van der Waals surface area (Å²) in [5.74, 6) is -0.722. The molecule has 3 nitrogen and oxygen atoms in total. The van der Waals surface area contributed by atoms with Gasteiger partial charge < -0.3 is 9.84 Å². The van der Waals surface area contributed by atoms with E-state index in [1.165, 1.54) is 11.1 Å². The van der Waals surface area contributed by atoms with E-state index in [1.807, 2.05) is 0 Å². The Morgan fingerprint density at radius 2 is 1.78 bits per heavy atom. The number of carboxylic acid groups (broad SMARTS) is 1. The number of methoxy groups -OCH3 is 1. The Balaban J connectivity index is 2.35. The summed E-state index contributed by atoms with van der Waals surface area (Å²) < 4.78 is 5.22. The molecule has 1 rings (SSSR count). The maximum Gasteiger partial charge on any atom is 0.303 e. The normalized spacial score (nSPS) is 12.3. The summed E-state index contributed by atoms with van der Waals surface area (Å²) >= 11 is 0. The average Bonchev–Trinajstić information content (AvgIpc) is 2.37. The lowest BCUT2D eigenvalue weighted by molar-refractivity contribution is -0.137. The predicted molar refractivity (Wildman–Crippen MR) is 71.8 cm³/mol. The van der Waals surface area contributed by atoms with Crippen LogP contribution in [0, 0.1) is 0 Å². The van der Waals surface area contributed by atoms with Crippen LogP contribution in [0.25, 0.3) is 0 Å². The van der Waals surface area contributed by atoms with Crippen molar-refractivity contribution in [1.29, 1.82) is 0 Å². The fraction of sp³-hybridized carbons (Fsp3) is 0.533. The molecule has 0 aromatic heterocycles. The second-order valence-corrected chi connectivity index (χ2v) is 4.65. The molecule has 0 aliphatic carbocycles. The van der Waals surface area contributed by atoms with Crippen molar-refractivity contribution < 1.29 is 14.6 Å². The molecular formula is C15H22O3. The molecule has 0 amide bonds. The summed E-state index contributed by atoms with van der Waals surface area (Å²) in [6, 6.07) is 8.43. The number of hydrogen-bond donors (Lipinski definition) is 1. The molecule has 1 N–H and O–H groups in total. The van der Waals surface area contributed by atoms with Crippen molar-refractivity contribution in [2.45, 2.75) is 45.1 Å². The number of ether oxygens (including phenoxy) is 1. The highest BCUT2D eigenvalue weighted by Crippen LogP contribution is 2.11. The summed E-state index contributed by atoms with van der Waals surface area (Å²) in [6.45, 7) is 2.07. The van der Waals surface area contributed by atoms with E-state index in [-0.39, 0.29) is 6.42 Å². The Hall–Kier alpha value is -1.35. The van der Waals surface area contributed by atoms with Gasteiger partial charge >= 0.3 is 5.97 Å². The SMILES string of the molecule is COC(C)CCc1ccc(CCCC(=O)O)cc1. The van der Waals surface area contributed by atoms with Crippen molar-refractivity contribution in [3.05, 3.63) is 35.4 Å². The first-order valence-corrected chi connectivity index (χ1v) is 6.44. The van der Waals surface area contributed by atoms with Crippen LogP contribution in [0.15, 0.2) is 24.3 Å². The molecule has 1 unspecified atom stereocenters. The van der Waals surface area contributed by atoms with Crippen LogP contribution in [0.1, 0.15) is 37.3 Å². The summed E-state index contributed by atoms with van der Waals surface area (Å²) in [7, 11) is 1.73. The standard InChI is InChI=1S/C15H22O3/c1-12(18-2)6-7-14-10-8-13(9-11-14)4-3-5-15(16)17/h8-12H,3-7H2,1-2H3,(H,16,17). The highest BCUT2D eigenvalue weighted by atomic mass is 16.5. The van der Waals surface area contributed by atoms with Crippen LogP contribution in [0.2, 0.25) is 0 Å². The Morgan fingerprint density at radius 1 is 1.22 bits per heavy atom. The Kier molecular flexibility index (Phi) is 6.44. The minimum absolute atomic E-state index is 0.243. The van der Waals surface area contributed by atoms with Gasteiger partial charge in [0.25, 0.3) is 0 Å². The highest BCUT2D eigenvalue weighted by molar-refractivity contribution is 5.66. The maximum absolute atomic E-state index is 10.4. The lowest BCUT2D eigenvalue weighted by Gasteiger charge is -2.09. The van der Waals surface area contributed by atoms with Crippen LogP contribution in [-0.4, -0.2) is 24.3 Å². The molecule has 0 saturated carbocycles. The van der Waals surface area contributed by atoms with Crippen molar-refractivity contribution in [2.24, 2.45) is 0 Å². The summed E-state index contributed by atoms with van der Waals surface area (Å²) in [4.78, 5) is 10.4. The van der Waals surface area contributed by atoms with Gasteiger partial charge in [-0.3, -0.25) is 4.79 Å². The Morgan fingerprint density at radius 3 is 2.28 bits per heavy atom. The lowest BCUT2D eigenvalue weighted by Crippen LogP contribution is -2.05. The lowest BCUT2D eigenvalue weighted by atomic mass is 10.0. The number of aryl methyl sites for hydroxylation is 2. The number of aliphatic carboxylic acids is 1. The molecule has 0 radical (unpaired) electrons. The number of hydrogen-bond acceptors (Lipinski definition) is 2. The van der Waals surface area contributed by atoms with Crippen LogP contribution >= 0.6 is 0 Å². The minimum atomic E-state index is -0.722. The van der Waals surface area contributed by atoms with Gasteiger partial charge in [0.2, 0.25) is 0 Å². The summed E-state index contributed by atoms with van der Waals surface area (Å²) in [6.07, 6.45) is 4.11. The van der Waals surface area contributed by atoms with Gasteiger partial charge in [-0.05, 0) is 43.7 Å². The molecule has 1 aromatic rings. The van der Waals surface area contributed by atoms with E-state index in [0.717, 1.165) is 19.3 Å². The summed E-state index contributed by atoms with van der Waals surface area (Å²) in [5.41, 5.74) is 2.51. The van der Waals surface area contributed by atoms with Crippen molar-refractivity contribution in [1.82, 2.24) is 0 Å². The van der Waals surface area contributed by atoms with Gasteiger partial charge in [0, 0.05) is 13.5 Å². The smallest absolute Gasteiger partial charge is 0.303 e. The van der Waals surface area contributed by atoms with Gasteiger partial charge in [-0.25, -0.2) is 0 Å². The van der Waals surface area contributed by atoms with Gasteiger partial charge in [0.15, 0.2) is 0 Å². The van der Waals surface area contributed by atoms with E-state index in [4.69, 9.17) is 9.84 Å². The molecule has 0 aliphatic heterocycles. The van der Waals surface area contributed by atoms with E-state index in [1.54, 1.807) is 7.11 Å². The fourth-order valence-electron chi connectivity index (χ4n) is 1.80. The quantitative estimate of drug-likeness (QED) is 0.771. The van der Waals surface area contributed by atoms with E-state index in [0.29, 0.717) is 12.5 Å². The molecule has 0 spiro atoms. The maximum atomic E-state index is 10.4. The number of benzene rings is 1. The number of carbonyl (C=O) groups is 1. The first-order valence-electron chi connectivity index (χ1n) is 6.44. The number of carboxylic acids is 1. The predicted octanol–water partition coefficient (Wildman–Crippen LogP) is 3.06. The van der Waals surface area contributed by atoms with Gasteiger partial charge in [0.1, 0.15) is 0 Å². The van der Waals surface area contributed by atoms with Gasteiger partial charge in [-0.15, -0.1) is 0 Å². The zero-order valence-corrected chi connectivity index (χ0v) is 11.2. The topological polar surface area (TPSA) is 46.5 Å². The molecule has 1 atom stereocenters. The van der Waals surface area contributed by atoms with Gasteiger partial charge in [-0.1, -0.05) is 24.3 Å². The summed E-state index contributed by atoms with van der Waals surface area (Å²) in [5, 5.41) is 8.57. The first-order chi connectivity index (χ1) is 8.61. The van der Waals surface area contributed by atoms with Crippen LogP contribution in [0.4, 0.5) is 0 Å². The van der Waals surface area contributed by atoms with Crippen molar-refractivity contribution in [3.63, 3.8) is 0 Å². The highest BCUT2D eigenvalue weighted by Gasteiger charge is 2.02. The fourth-order valence-corrected chi connectivity index (χ4v) is 1.80. The zero-order chi connectivity index (χ0) is 13.4. The van der Waals surface area contributed by atoms with Gasteiger partial charge in [-0.2, -0.15) is 0 Å². The molecule has 0 bridgehead atoms. The van der Waals surface area contributed by atoms with E-state index < -0.39 is 5.97 Å². The molecule has 18 heavy (non-hydrogen) atoms. The Labute approximate surface area is 109 Å².